The molecule has 7 heteroatoms. The largest absolute Gasteiger partial charge is 0.337 e. The summed E-state index contributed by atoms with van der Waals surface area (Å²) in [6, 6.07) is 9.24. The Morgan fingerprint density at radius 1 is 1.33 bits per heavy atom. The second-order valence-corrected chi connectivity index (χ2v) is 5.61. The van der Waals surface area contributed by atoms with E-state index >= 15 is 0 Å². The lowest BCUT2D eigenvalue weighted by molar-refractivity contribution is 0.341. The molecule has 0 aliphatic carbocycles. The first-order valence-corrected chi connectivity index (χ1v) is 7.88. The van der Waals surface area contributed by atoms with E-state index in [1.54, 1.807) is 12.1 Å². The summed E-state index contributed by atoms with van der Waals surface area (Å²) in [4.78, 5) is 4.46. The van der Waals surface area contributed by atoms with Gasteiger partial charge in [-0.15, -0.1) is 10.2 Å². The van der Waals surface area contributed by atoms with Crippen LogP contribution >= 0.6 is 0 Å². The molecule has 1 atom stereocenters. The van der Waals surface area contributed by atoms with Crippen molar-refractivity contribution in [3.05, 3.63) is 47.4 Å². The predicted molar refractivity (Wildman–Crippen MR) is 87.0 cm³/mol. The van der Waals surface area contributed by atoms with Gasteiger partial charge >= 0.3 is 0 Å². The Bertz CT molecular complexity index is 889. The second-order valence-electron chi connectivity index (χ2n) is 5.61. The molecule has 122 valence electrons. The van der Waals surface area contributed by atoms with Gasteiger partial charge in [0.05, 0.1) is 11.6 Å². The summed E-state index contributed by atoms with van der Waals surface area (Å²) < 4.78 is 7.35. The molecular formula is C17H18N6O. The Morgan fingerprint density at radius 3 is 2.92 bits per heavy atom. The first kappa shape index (κ1) is 15.9. The predicted octanol–water partition coefficient (Wildman–Crippen LogP) is 3.07. The zero-order valence-electron chi connectivity index (χ0n) is 13.9. The molecule has 3 aromatic rings. The molecule has 24 heavy (non-hydrogen) atoms. The monoisotopic (exact) mass is 322 g/mol. The summed E-state index contributed by atoms with van der Waals surface area (Å²) in [5.41, 5.74) is 1.41. The second kappa shape index (κ2) is 6.62. The van der Waals surface area contributed by atoms with Crippen molar-refractivity contribution in [2.75, 3.05) is 0 Å². The van der Waals surface area contributed by atoms with Crippen LogP contribution < -0.4 is 0 Å². The molecule has 0 aliphatic heterocycles. The van der Waals surface area contributed by atoms with E-state index in [1.165, 1.54) is 0 Å². The maximum Gasteiger partial charge on any atom is 0.249 e. The lowest BCUT2D eigenvalue weighted by Gasteiger charge is -2.13. The van der Waals surface area contributed by atoms with Gasteiger partial charge in [0.15, 0.2) is 11.6 Å². The molecule has 2 aromatic heterocycles. The topological polar surface area (TPSA) is 93.4 Å². The highest BCUT2D eigenvalue weighted by atomic mass is 16.5. The molecule has 0 bridgehead atoms. The number of hydrogen-bond acceptors (Lipinski definition) is 6. The molecular weight excluding hydrogens is 304 g/mol. The number of aryl methyl sites for hydroxylation is 2. The van der Waals surface area contributed by atoms with Crippen molar-refractivity contribution in [3.8, 4) is 17.5 Å². The molecule has 0 saturated heterocycles. The average Bonchev–Trinajstić information content (AvgIpc) is 3.21. The maximum absolute atomic E-state index is 9.10. The van der Waals surface area contributed by atoms with Crippen LogP contribution in [0.3, 0.4) is 0 Å². The van der Waals surface area contributed by atoms with Crippen LogP contribution in [-0.2, 0) is 6.42 Å². The number of aromatic nitrogens is 5. The Kier molecular flexibility index (Phi) is 4.38. The van der Waals surface area contributed by atoms with Crippen LogP contribution in [0.2, 0.25) is 0 Å². The molecule has 0 saturated carbocycles. The van der Waals surface area contributed by atoms with Gasteiger partial charge < -0.3 is 4.52 Å². The van der Waals surface area contributed by atoms with Crippen LogP contribution in [0, 0.1) is 18.3 Å². The highest BCUT2D eigenvalue weighted by molar-refractivity contribution is 5.58. The van der Waals surface area contributed by atoms with E-state index in [4.69, 9.17) is 9.78 Å². The number of rotatable bonds is 5. The zero-order valence-corrected chi connectivity index (χ0v) is 13.9. The van der Waals surface area contributed by atoms with E-state index in [9.17, 15) is 0 Å². The quantitative estimate of drug-likeness (QED) is 0.716. The standard InChI is InChI=1S/C17H18N6O/c1-4-6-15-19-17(24-22-15)11(2)23-12(3)20-21-16(23)14-8-5-7-13(9-14)10-18/h5,7-9,11H,4,6H2,1-3H3/t11-/m0/s1. The van der Waals surface area contributed by atoms with E-state index in [1.807, 2.05) is 30.5 Å². The van der Waals surface area contributed by atoms with Crippen LogP contribution in [0.25, 0.3) is 11.4 Å². The first-order valence-electron chi connectivity index (χ1n) is 7.88. The van der Waals surface area contributed by atoms with Gasteiger partial charge in [-0.1, -0.05) is 24.2 Å². The van der Waals surface area contributed by atoms with Crippen molar-refractivity contribution in [2.24, 2.45) is 0 Å². The first-order chi connectivity index (χ1) is 11.6. The molecule has 2 heterocycles. The third-order valence-electron chi connectivity index (χ3n) is 3.82. The molecule has 0 aliphatic rings. The Morgan fingerprint density at radius 2 is 2.17 bits per heavy atom. The maximum atomic E-state index is 9.10. The van der Waals surface area contributed by atoms with Crippen molar-refractivity contribution in [1.29, 1.82) is 5.26 Å². The summed E-state index contributed by atoms with van der Waals surface area (Å²) in [7, 11) is 0. The van der Waals surface area contributed by atoms with E-state index in [-0.39, 0.29) is 6.04 Å². The van der Waals surface area contributed by atoms with E-state index < -0.39 is 0 Å². The van der Waals surface area contributed by atoms with Crippen LogP contribution in [-0.4, -0.2) is 24.9 Å². The molecule has 3 rings (SSSR count). The lowest BCUT2D eigenvalue weighted by atomic mass is 10.1. The SMILES string of the molecule is CCCc1noc([C@H](C)n2c(C)nnc2-c2cccc(C#N)c2)n1. The number of nitriles is 1. The van der Waals surface area contributed by atoms with Gasteiger partial charge in [0.25, 0.3) is 0 Å². The van der Waals surface area contributed by atoms with E-state index in [0.717, 1.165) is 24.2 Å². The van der Waals surface area contributed by atoms with Crippen LogP contribution in [0.15, 0.2) is 28.8 Å². The molecule has 7 nitrogen and oxygen atoms in total. The van der Waals surface area contributed by atoms with Gasteiger partial charge in [-0.3, -0.25) is 4.57 Å². The molecule has 1 aromatic carbocycles. The Labute approximate surface area is 140 Å². The van der Waals surface area contributed by atoms with Crippen molar-refractivity contribution in [3.63, 3.8) is 0 Å². The van der Waals surface area contributed by atoms with Crippen molar-refractivity contribution in [2.45, 2.75) is 39.7 Å². The minimum Gasteiger partial charge on any atom is -0.337 e. The van der Waals surface area contributed by atoms with Gasteiger partial charge in [0.2, 0.25) is 5.89 Å². The molecule has 0 N–H and O–H groups in total. The van der Waals surface area contributed by atoms with E-state index in [2.05, 4.69) is 33.3 Å². The minimum atomic E-state index is -0.196. The summed E-state index contributed by atoms with van der Waals surface area (Å²) in [5, 5.41) is 21.6. The van der Waals surface area contributed by atoms with Crippen LogP contribution in [0.5, 0.6) is 0 Å². The minimum absolute atomic E-state index is 0.196. The lowest BCUT2D eigenvalue weighted by Crippen LogP contribution is -2.11. The molecule has 0 amide bonds. The van der Waals surface area contributed by atoms with Gasteiger partial charge in [-0.05, 0) is 32.4 Å². The molecule has 0 radical (unpaired) electrons. The van der Waals surface area contributed by atoms with Crippen LogP contribution in [0.4, 0.5) is 0 Å². The van der Waals surface area contributed by atoms with Gasteiger partial charge in [0.1, 0.15) is 11.9 Å². The highest BCUT2D eigenvalue weighted by Gasteiger charge is 2.22. The molecule has 0 unspecified atom stereocenters. The van der Waals surface area contributed by atoms with Gasteiger partial charge in [-0.25, -0.2) is 0 Å². The average molecular weight is 322 g/mol. The van der Waals surface area contributed by atoms with Crippen molar-refractivity contribution < 1.29 is 4.52 Å². The van der Waals surface area contributed by atoms with Gasteiger partial charge in [-0.2, -0.15) is 10.2 Å². The summed E-state index contributed by atoms with van der Waals surface area (Å²) in [5.74, 6) is 2.65. The van der Waals surface area contributed by atoms with E-state index in [0.29, 0.717) is 23.1 Å². The summed E-state index contributed by atoms with van der Waals surface area (Å²) in [6.07, 6.45) is 1.75. The van der Waals surface area contributed by atoms with Crippen LogP contribution in [0.1, 0.15) is 49.4 Å². The number of benzene rings is 1. The summed E-state index contributed by atoms with van der Waals surface area (Å²) in [6.45, 7) is 5.92. The normalized spacial score (nSPS) is 12.1. The fourth-order valence-corrected chi connectivity index (χ4v) is 2.63. The third kappa shape index (κ3) is 2.91. The van der Waals surface area contributed by atoms with Crippen molar-refractivity contribution >= 4 is 0 Å². The zero-order chi connectivity index (χ0) is 17.1. The Balaban J connectivity index is 2.01. The molecule has 0 fully saturated rings. The van der Waals surface area contributed by atoms with Crippen molar-refractivity contribution in [1.82, 2.24) is 24.9 Å². The number of nitrogens with zero attached hydrogens (tertiary/aromatic N) is 6. The smallest absolute Gasteiger partial charge is 0.249 e. The fourth-order valence-electron chi connectivity index (χ4n) is 2.63. The summed E-state index contributed by atoms with van der Waals surface area (Å²) >= 11 is 0. The fraction of sp³-hybridized carbons (Fsp3) is 0.353. The molecule has 0 spiro atoms. The Hall–Kier alpha value is -3.01. The third-order valence-corrected chi connectivity index (χ3v) is 3.82. The highest BCUT2D eigenvalue weighted by Crippen LogP contribution is 2.26. The van der Waals surface area contributed by atoms with Gasteiger partial charge in [0, 0.05) is 12.0 Å². The number of hydrogen-bond donors (Lipinski definition) is 0.